The second-order valence-electron chi connectivity index (χ2n) is 6.35. The Morgan fingerprint density at radius 1 is 1.16 bits per heavy atom. The zero-order chi connectivity index (χ0) is 17.3. The van der Waals surface area contributed by atoms with Gasteiger partial charge in [-0.05, 0) is 30.9 Å². The fraction of sp³-hybridized carbons (Fsp3) is 0.333. The normalized spacial score (nSPS) is 19.9. The molecule has 3 aliphatic rings. The topological polar surface area (TPSA) is 67.9 Å². The summed E-state index contributed by atoms with van der Waals surface area (Å²) in [5.74, 6) is 0.678. The lowest BCUT2D eigenvalue weighted by molar-refractivity contribution is 0.0912. The molecule has 2 aromatic rings. The fourth-order valence-electron chi connectivity index (χ4n) is 4.11. The molecule has 7 heteroatoms. The lowest BCUT2D eigenvalue weighted by Crippen LogP contribution is -2.44. The van der Waals surface area contributed by atoms with Crippen molar-refractivity contribution in [2.75, 3.05) is 19.1 Å². The molecule has 1 aliphatic carbocycles. The first-order valence-corrected chi connectivity index (χ1v) is 9.01. The van der Waals surface area contributed by atoms with E-state index in [1.807, 2.05) is 6.07 Å². The Labute approximate surface area is 148 Å². The van der Waals surface area contributed by atoms with E-state index in [4.69, 9.17) is 9.47 Å². The molecule has 5 rings (SSSR count). The van der Waals surface area contributed by atoms with Crippen molar-refractivity contribution in [3.63, 3.8) is 0 Å². The molecule has 1 aromatic carbocycles. The number of methoxy groups -OCH3 is 2. The summed E-state index contributed by atoms with van der Waals surface area (Å²) in [4.78, 5) is 28.9. The molecule has 0 fully saturated rings. The van der Waals surface area contributed by atoms with Crippen molar-refractivity contribution < 1.29 is 19.1 Å². The van der Waals surface area contributed by atoms with Crippen LogP contribution >= 0.6 is 11.3 Å². The van der Waals surface area contributed by atoms with Crippen molar-refractivity contribution in [2.24, 2.45) is 0 Å². The highest BCUT2D eigenvalue weighted by Crippen LogP contribution is 2.51. The molecule has 0 saturated carbocycles. The second-order valence-corrected chi connectivity index (χ2v) is 7.44. The molecule has 0 bridgehead atoms. The highest BCUT2D eigenvalue weighted by Gasteiger charge is 2.48. The minimum absolute atomic E-state index is 0.0916. The monoisotopic (exact) mass is 356 g/mol. The average Bonchev–Trinajstić information content (AvgIpc) is 3.26. The van der Waals surface area contributed by atoms with Crippen LogP contribution in [0.1, 0.15) is 49.3 Å². The third-order valence-electron chi connectivity index (χ3n) is 5.18. The lowest BCUT2D eigenvalue weighted by Gasteiger charge is -2.30. The van der Waals surface area contributed by atoms with E-state index in [9.17, 15) is 9.59 Å². The molecule has 2 amide bonds. The lowest BCUT2D eigenvalue weighted by atomic mass is 10.0. The van der Waals surface area contributed by atoms with Gasteiger partial charge in [-0.2, -0.15) is 0 Å². The smallest absolute Gasteiger partial charge is 0.265 e. The number of rotatable bonds is 2. The van der Waals surface area contributed by atoms with Crippen molar-refractivity contribution in [3.05, 3.63) is 39.3 Å². The van der Waals surface area contributed by atoms with Crippen molar-refractivity contribution in [1.29, 1.82) is 0 Å². The van der Waals surface area contributed by atoms with Crippen LogP contribution in [0.5, 0.6) is 11.5 Å². The van der Waals surface area contributed by atoms with E-state index in [2.05, 4.69) is 5.32 Å². The zero-order valence-corrected chi connectivity index (χ0v) is 14.7. The van der Waals surface area contributed by atoms with Gasteiger partial charge in [-0.15, -0.1) is 11.3 Å². The predicted molar refractivity (Wildman–Crippen MR) is 92.9 cm³/mol. The molecule has 3 heterocycles. The molecule has 1 atom stereocenters. The Morgan fingerprint density at radius 2 is 2.00 bits per heavy atom. The summed E-state index contributed by atoms with van der Waals surface area (Å²) in [5.41, 5.74) is 3.01. The summed E-state index contributed by atoms with van der Waals surface area (Å²) < 4.78 is 10.8. The van der Waals surface area contributed by atoms with Gasteiger partial charge in [-0.1, -0.05) is 6.07 Å². The molecular formula is C18H16N2O4S. The number of aryl methyl sites for hydroxylation is 1. The first kappa shape index (κ1) is 14.8. The van der Waals surface area contributed by atoms with Gasteiger partial charge in [0, 0.05) is 10.4 Å². The maximum atomic E-state index is 13.2. The number of hydrogen-bond acceptors (Lipinski definition) is 5. The van der Waals surface area contributed by atoms with E-state index in [1.54, 1.807) is 29.4 Å². The summed E-state index contributed by atoms with van der Waals surface area (Å²) in [7, 11) is 3.06. The van der Waals surface area contributed by atoms with Gasteiger partial charge in [-0.3, -0.25) is 14.5 Å². The van der Waals surface area contributed by atoms with E-state index in [1.165, 1.54) is 12.0 Å². The van der Waals surface area contributed by atoms with Gasteiger partial charge >= 0.3 is 0 Å². The number of amides is 2. The van der Waals surface area contributed by atoms with Crippen LogP contribution in [-0.2, 0) is 12.8 Å². The molecule has 0 spiro atoms. The third-order valence-corrected chi connectivity index (χ3v) is 6.47. The second kappa shape index (κ2) is 4.98. The number of carbonyl (C=O) groups excluding carboxylic acids is 2. The van der Waals surface area contributed by atoms with Gasteiger partial charge in [0.15, 0.2) is 11.5 Å². The molecule has 1 aromatic heterocycles. The molecule has 25 heavy (non-hydrogen) atoms. The number of benzene rings is 1. The summed E-state index contributed by atoms with van der Waals surface area (Å²) in [6.45, 7) is 0. The van der Waals surface area contributed by atoms with Gasteiger partial charge in [0.25, 0.3) is 11.8 Å². The fourth-order valence-corrected chi connectivity index (χ4v) is 5.52. The number of carbonyl (C=O) groups is 2. The first-order chi connectivity index (χ1) is 12.2. The Morgan fingerprint density at radius 3 is 2.76 bits per heavy atom. The van der Waals surface area contributed by atoms with E-state index in [0.29, 0.717) is 22.6 Å². The number of thiophene rings is 1. The van der Waals surface area contributed by atoms with Crippen LogP contribution in [0.3, 0.4) is 0 Å². The minimum Gasteiger partial charge on any atom is -0.493 e. The summed E-state index contributed by atoms with van der Waals surface area (Å²) in [6, 6.07) is 3.59. The van der Waals surface area contributed by atoms with Gasteiger partial charge in [0.1, 0.15) is 11.2 Å². The maximum Gasteiger partial charge on any atom is 0.265 e. The Kier molecular flexibility index (Phi) is 2.94. The van der Waals surface area contributed by atoms with Gasteiger partial charge in [-0.25, -0.2) is 0 Å². The molecule has 0 saturated heterocycles. The minimum atomic E-state index is -0.485. The first-order valence-electron chi connectivity index (χ1n) is 8.19. The van der Waals surface area contributed by atoms with Crippen LogP contribution in [0, 0.1) is 0 Å². The van der Waals surface area contributed by atoms with Crippen molar-refractivity contribution in [2.45, 2.75) is 25.4 Å². The molecule has 2 aliphatic heterocycles. The van der Waals surface area contributed by atoms with Crippen LogP contribution in [0.15, 0.2) is 12.1 Å². The largest absolute Gasteiger partial charge is 0.493 e. The number of ether oxygens (including phenoxy) is 2. The number of nitrogens with zero attached hydrogens (tertiary/aromatic N) is 1. The zero-order valence-electron chi connectivity index (χ0n) is 13.8. The van der Waals surface area contributed by atoms with E-state index in [0.717, 1.165) is 35.4 Å². The summed E-state index contributed by atoms with van der Waals surface area (Å²) in [5, 5.41) is 3.77. The molecule has 6 nitrogen and oxygen atoms in total. The maximum absolute atomic E-state index is 13.2. The number of anilines is 1. The Balaban J connectivity index is 1.72. The summed E-state index contributed by atoms with van der Waals surface area (Å²) in [6.07, 6.45) is 2.48. The highest BCUT2D eigenvalue weighted by atomic mass is 32.1. The number of fused-ring (bicyclic) bond motifs is 7. The molecule has 0 unspecified atom stereocenters. The third kappa shape index (κ3) is 1.73. The van der Waals surface area contributed by atoms with Crippen LogP contribution in [0.4, 0.5) is 5.00 Å². The number of nitrogens with one attached hydrogen (secondary N) is 1. The standard InChI is InChI=1S/C18H16N2O4S/c1-23-10-7-6-9-12(14(10)24-2)17(22)20-15(9)19-16(21)13-8-4-3-5-11(8)25-18(13)20/h6-7,15H,3-5H2,1-2H3,(H,19,21)/t15-/m0/s1. The average molecular weight is 356 g/mol. The van der Waals surface area contributed by atoms with Gasteiger partial charge in [0.05, 0.1) is 25.3 Å². The molecule has 1 N–H and O–H groups in total. The van der Waals surface area contributed by atoms with Crippen LogP contribution in [0.2, 0.25) is 0 Å². The SMILES string of the molecule is COc1ccc2c(c1OC)C(=O)N1c3sc4c(c3C(=O)N[C@H]21)CCC4. The van der Waals surface area contributed by atoms with Crippen LogP contribution < -0.4 is 19.7 Å². The number of hydrogen-bond donors (Lipinski definition) is 1. The van der Waals surface area contributed by atoms with Crippen LogP contribution in [-0.4, -0.2) is 26.0 Å². The molecule has 128 valence electrons. The Hall–Kier alpha value is -2.54. The van der Waals surface area contributed by atoms with Gasteiger partial charge in [0.2, 0.25) is 0 Å². The summed E-state index contributed by atoms with van der Waals surface area (Å²) >= 11 is 1.57. The van der Waals surface area contributed by atoms with Crippen LogP contribution in [0.25, 0.3) is 0 Å². The molecule has 0 radical (unpaired) electrons. The quantitative estimate of drug-likeness (QED) is 0.898. The van der Waals surface area contributed by atoms with Crippen molar-refractivity contribution >= 4 is 28.2 Å². The van der Waals surface area contributed by atoms with E-state index in [-0.39, 0.29) is 11.8 Å². The van der Waals surface area contributed by atoms with Crippen molar-refractivity contribution in [3.8, 4) is 11.5 Å². The predicted octanol–water partition coefficient (Wildman–Crippen LogP) is 2.66. The highest BCUT2D eigenvalue weighted by molar-refractivity contribution is 7.17. The van der Waals surface area contributed by atoms with Crippen molar-refractivity contribution in [1.82, 2.24) is 5.32 Å². The van der Waals surface area contributed by atoms with Gasteiger partial charge < -0.3 is 14.8 Å². The van der Waals surface area contributed by atoms with E-state index < -0.39 is 6.17 Å². The Bertz CT molecular complexity index is 949. The van der Waals surface area contributed by atoms with E-state index >= 15 is 0 Å². The molecular weight excluding hydrogens is 340 g/mol.